The smallest absolute Gasteiger partial charge is 0.164 e. The fraction of sp³-hybridized carbons (Fsp3) is 0.182. The minimum atomic E-state index is 0.731. The molecule has 0 atom stereocenters. The molecule has 0 bridgehead atoms. The van der Waals surface area contributed by atoms with Crippen molar-refractivity contribution in [2.45, 2.75) is 0 Å². The molecule has 0 saturated carbocycles. The zero-order valence-corrected chi connectivity index (χ0v) is 18.3. The van der Waals surface area contributed by atoms with Crippen molar-refractivity contribution in [3.63, 3.8) is 0 Å². The summed E-state index contributed by atoms with van der Waals surface area (Å²) < 4.78 is 4.04. The topological polar surface area (TPSA) is 6.02 Å². The lowest BCUT2D eigenvalue weighted by molar-refractivity contribution is -0.458. The van der Waals surface area contributed by atoms with Crippen LogP contribution in [-0.4, -0.2) is 49.8 Å². The van der Waals surface area contributed by atoms with E-state index in [1.54, 1.807) is 11.8 Å². The van der Waals surface area contributed by atoms with Crippen LogP contribution >= 0.6 is 35.0 Å². The molecule has 0 unspecified atom stereocenters. The summed E-state index contributed by atoms with van der Waals surface area (Å²) in [5.74, 6) is 0. The fourth-order valence-corrected chi connectivity index (χ4v) is 3.41. The first kappa shape index (κ1) is 21.5. The molecular weight excluding hydrogens is 395 g/mol. The van der Waals surface area contributed by atoms with Crippen LogP contribution < -0.4 is 0 Å². The van der Waals surface area contributed by atoms with Gasteiger partial charge >= 0.3 is 0 Å². The van der Waals surface area contributed by atoms with Crippen molar-refractivity contribution in [3.8, 4) is 0 Å². The predicted octanol–water partition coefficient (Wildman–Crippen LogP) is 5.79. The van der Waals surface area contributed by atoms with E-state index in [1.165, 1.54) is 0 Å². The number of rotatable bonds is 6. The van der Waals surface area contributed by atoms with Crippen LogP contribution in [0.5, 0.6) is 0 Å². The lowest BCUT2D eigenvalue weighted by Gasteiger charge is -2.11. The second kappa shape index (κ2) is 10.5. The summed E-state index contributed by atoms with van der Waals surface area (Å²) >= 11 is 13.8. The van der Waals surface area contributed by atoms with Crippen LogP contribution in [-0.2, 0) is 0 Å². The van der Waals surface area contributed by atoms with Crippen LogP contribution in [0.3, 0.4) is 0 Å². The predicted molar refractivity (Wildman–Crippen MR) is 123 cm³/mol. The van der Waals surface area contributed by atoms with Gasteiger partial charge in [0.25, 0.3) is 0 Å². The Kier molecular flexibility index (Phi) is 8.36. The molecule has 5 heteroatoms. The van der Waals surface area contributed by atoms with Gasteiger partial charge in [-0.25, -0.2) is 9.15 Å². The first-order valence-electron chi connectivity index (χ1n) is 8.48. The summed E-state index contributed by atoms with van der Waals surface area (Å²) in [7, 11) is 8.04. The molecule has 2 nitrogen and oxygen atoms in total. The summed E-state index contributed by atoms with van der Waals surface area (Å²) in [5, 5.41) is 1.46. The highest BCUT2D eigenvalue weighted by atomic mass is 35.5. The lowest BCUT2D eigenvalue weighted by atomic mass is 10.2. The molecule has 0 spiro atoms. The molecule has 0 heterocycles. The third-order valence-electron chi connectivity index (χ3n) is 3.53. The van der Waals surface area contributed by atoms with E-state index in [9.17, 15) is 0 Å². The van der Waals surface area contributed by atoms with Crippen LogP contribution in [0.4, 0.5) is 0 Å². The Morgan fingerprint density at radius 3 is 1.30 bits per heavy atom. The number of hydrogen-bond donors (Lipinski definition) is 0. The van der Waals surface area contributed by atoms with Gasteiger partial charge in [0.2, 0.25) is 0 Å². The van der Waals surface area contributed by atoms with Gasteiger partial charge in [0.1, 0.15) is 28.2 Å². The first-order chi connectivity index (χ1) is 12.8. The van der Waals surface area contributed by atoms with Crippen molar-refractivity contribution < 1.29 is 9.15 Å². The van der Waals surface area contributed by atoms with Crippen LogP contribution in [0.2, 0.25) is 10.0 Å². The fourth-order valence-electron chi connectivity index (χ4n) is 2.16. The van der Waals surface area contributed by atoms with E-state index in [2.05, 4.69) is 12.2 Å². The molecule has 27 heavy (non-hydrogen) atoms. The highest BCUT2D eigenvalue weighted by Gasteiger charge is 2.10. The highest BCUT2D eigenvalue weighted by molar-refractivity contribution is 8.16. The van der Waals surface area contributed by atoms with E-state index in [0.717, 1.165) is 31.0 Å². The van der Waals surface area contributed by atoms with E-state index in [-0.39, 0.29) is 0 Å². The van der Waals surface area contributed by atoms with Crippen molar-refractivity contribution in [2.24, 2.45) is 0 Å². The third-order valence-corrected chi connectivity index (χ3v) is 5.21. The molecule has 140 valence electrons. The van der Waals surface area contributed by atoms with Crippen LogP contribution in [0.25, 0.3) is 9.81 Å². The Morgan fingerprint density at radius 2 is 1.00 bits per heavy atom. The maximum absolute atomic E-state index is 6.07. The number of nitrogens with zero attached hydrogens (tertiary/aromatic N) is 2. The maximum atomic E-state index is 6.07. The largest absolute Gasteiger partial charge is 0.241 e. The molecule has 0 N–H and O–H groups in total. The van der Waals surface area contributed by atoms with Crippen LogP contribution in [0, 0.1) is 0 Å². The zero-order chi connectivity index (χ0) is 19.8. The van der Waals surface area contributed by atoms with Crippen molar-refractivity contribution >= 4 is 57.2 Å². The van der Waals surface area contributed by atoms with Gasteiger partial charge < -0.3 is 0 Å². The average molecular weight is 419 g/mol. The van der Waals surface area contributed by atoms with E-state index in [4.69, 9.17) is 23.2 Å². The van der Waals surface area contributed by atoms with E-state index in [1.807, 2.05) is 98.3 Å². The standard InChI is InChI=1S/C22H24Cl2N2S/c1-25(2)15-13-21(17-5-9-19(23)10-6-17)27-22(14-16-26(3)4)18-7-11-20(24)12-8-18/h5-16H,1-4H3/q+2/b21-13+,22-14+. The van der Waals surface area contributed by atoms with Gasteiger partial charge in [-0.1, -0.05) is 59.2 Å². The Labute approximate surface area is 176 Å². The monoisotopic (exact) mass is 418 g/mol. The van der Waals surface area contributed by atoms with Gasteiger partial charge in [-0.3, -0.25) is 0 Å². The second-order valence-electron chi connectivity index (χ2n) is 6.40. The SMILES string of the molecule is C[N+](C)=C/C=C(/S/C(=C/C=[N+](C)C)c1ccc(Cl)cc1)c1ccc(Cl)cc1. The highest BCUT2D eigenvalue weighted by Crippen LogP contribution is 2.39. The Morgan fingerprint density at radius 1 is 0.667 bits per heavy atom. The molecule has 0 aliphatic carbocycles. The minimum absolute atomic E-state index is 0.731. The van der Waals surface area contributed by atoms with Gasteiger partial charge in [0.05, 0.1) is 0 Å². The quantitative estimate of drug-likeness (QED) is 0.424. The molecular formula is C22H24Cl2N2S+2. The van der Waals surface area contributed by atoms with Crippen LogP contribution in [0.15, 0.2) is 60.7 Å². The Bertz CT molecular complexity index is 809. The number of allylic oxidation sites excluding steroid dienone is 2. The van der Waals surface area contributed by atoms with Gasteiger partial charge in [-0.05, 0) is 35.4 Å². The molecule has 2 aromatic rings. The number of hydrogen-bond acceptors (Lipinski definition) is 1. The average Bonchev–Trinajstić information content (AvgIpc) is 2.62. The molecule has 0 aromatic heterocycles. The van der Waals surface area contributed by atoms with Gasteiger partial charge in [0.15, 0.2) is 12.4 Å². The molecule has 0 aliphatic heterocycles. The molecule has 0 fully saturated rings. The van der Waals surface area contributed by atoms with E-state index >= 15 is 0 Å². The number of benzene rings is 2. The molecule has 2 rings (SSSR count). The zero-order valence-electron chi connectivity index (χ0n) is 16.0. The minimum Gasteiger partial charge on any atom is -0.241 e. The molecule has 0 amide bonds. The first-order valence-corrected chi connectivity index (χ1v) is 10.1. The summed E-state index contributed by atoms with van der Waals surface area (Å²) in [6.45, 7) is 0. The maximum Gasteiger partial charge on any atom is 0.164 e. The van der Waals surface area contributed by atoms with E-state index < -0.39 is 0 Å². The Balaban J connectivity index is 2.48. The normalized spacial score (nSPS) is 11.9. The van der Waals surface area contributed by atoms with Crippen molar-refractivity contribution in [1.29, 1.82) is 0 Å². The summed E-state index contributed by atoms with van der Waals surface area (Å²) in [5.41, 5.74) is 2.24. The van der Waals surface area contributed by atoms with Crippen molar-refractivity contribution in [3.05, 3.63) is 81.9 Å². The van der Waals surface area contributed by atoms with Gasteiger partial charge in [0, 0.05) is 32.0 Å². The Hall–Kier alpha value is -1.81. The number of thioether (sulfide) groups is 1. The van der Waals surface area contributed by atoms with E-state index in [0.29, 0.717) is 0 Å². The summed E-state index contributed by atoms with van der Waals surface area (Å²) in [6, 6.07) is 15.8. The lowest BCUT2D eigenvalue weighted by Crippen LogP contribution is -1.97. The van der Waals surface area contributed by atoms with Gasteiger partial charge in [-0.2, -0.15) is 0 Å². The number of halogens is 2. The molecule has 2 aromatic carbocycles. The molecule has 0 saturated heterocycles. The van der Waals surface area contributed by atoms with Gasteiger partial charge in [-0.15, -0.1) is 0 Å². The summed E-state index contributed by atoms with van der Waals surface area (Å²) in [6.07, 6.45) is 8.33. The second-order valence-corrected chi connectivity index (χ2v) is 8.36. The van der Waals surface area contributed by atoms with Crippen molar-refractivity contribution in [2.75, 3.05) is 28.2 Å². The molecule has 0 aliphatic rings. The summed E-state index contributed by atoms with van der Waals surface area (Å²) in [4.78, 5) is 2.27. The third kappa shape index (κ3) is 7.37. The van der Waals surface area contributed by atoms with Crippen molar-refractivity contribution in [1.82, 2.24) is 0 Å². The molecule has 0 radical (unpaired) electrons. The van der Waals surface area contributed by atoms with Crippen LogP contribution in [0.1, 0.15) is 11.1 Å².